The molecule has 1 aromatic carbocycles. The summed E-state index contributed by atoms with van der Waals surface area (Å²) in [6, 6.07) is 8.04. The van der Waals surface area contributed by atoms with Crippen molar-refractivity contribution in [2.45, 2.75) is 30.7 Å². The second kappa shape index (κ2) is 5.99. The van der Waals surface area contributed by atoms with Gasteiger partial charge in [0.1, 0.15) is 0 Å². The van der Waals surface area contributed by atoms with Gasteiger partial charge in [0.05, 0.1) is 0 Å². The third-order valence-corrected chi connectivity index (χ3v) is 3.72. The molecule has 0 bridgehead atoms. The Morgan fingerprint density at radius 3 is 2.62 bits per heavy atom. The lowest BCUT2D eigenvalue weighted by atomic mass is 10.0. The van der Waals surface area contributed by atoms with Gasteiger partial charge < -0.3 is 10.1 Å². The molecule has 21 heavy (non-hydrogen) atoms. The summed E-state index contributed by atoms with van der Waals surface area (Å²) < 4.78 is 19.0. The molecule has 0 saturated carbocycles. The second-order valence-electron chi connectivity index (χ2n) is 4.90. The van der Waals surface area contributed by atoms with Crippen LogP contribution in [0, 0.1) is 0 Å². The molecule has 0 aromatic heterocycles. The molecule has 1 heterocycles. The van der Waals surface area contributed by atoms with Crippen molar-refractivity contribution in [2.75, 3.05) is 7.11 Å². The van der Waals surface area contributed by atoms with E-state index in [1.54, 1.807) is 6.92 Å². The number of benzene rings is 1. The van der Waals surface area contributed by atoms with E-state index in [2.05, 4.69) is 5.32 Å². The van der Waals surface area contributed by atoms with Crippen molar-refractivity contribution in [3.63, 3.8) is 0 Å². The smallest absolute Gasteiger partial charge is 0.326 e. The zero-order chi connectivity index (χ0) is 15.6. The van der Waals surface area contributed by atoms with Crippen LogP contribution in [-0.4, -0.2) is 41.3 Å². The molecule has 1 aliphatic heterocycles. The van der Waals surface area contributed by atoms with Crippen LogP contribution in [0.2, 0.25) is 0 Å². The van der Waals surface area contributed by atoms with Crippen LogP contribution in [0.3, 0.4) is 0 Å². The number of carbonyl (C=O) groups is 2. The Kier molecular flexibility index (Phi) is 4.49. The molecule has 0 radical (unpaired) electrons. The van der Waals surface area contributed by atoms with Crippen molar-refractivity contribution < 1.29 is 18.7 Å². The van der Waals surface area contributed by atoms with Crippen LogP contribution in [-0.2, 0) is 16.0 Å². The van der Waals surface area contributed by atoms with Gasteiger partial charge in [0, 0.05) is 13.2 Å². The predicted molar refractivity (Wildman–Crippen MR) is 75.5 cm³/mol. The third-order valence-electron chi connectivity index (χ3n) is 3.36. The van der Waals surface area contributed by atoms with Crippen molar-refractivity contribution in [3.05, 3.63) is 35.9 Å². The first-order valence-electron chi connectivity index (χ1n) is 6.46. The van der Waals surface area contributed by atoms with Gasteiger partial charge in [-0.1, -0.05) is 41.9 Å². The molecule has 0 aliphatic carbocycles. The Morgan fingerprint density at radius 2 is 2.05 bits per heavy atom. The molecule has 5 nitrogen and oxygen atoms in total. The van der Waals surface area contributed by atoms with Crippen LogP contribution in [0.25, 0.3) is 0 Å². The van der Waals surface area contributed by atoms with Crippen LogP contribution in [0.15, 0.2) is 30.3 Å². The van der Waals surface area contributed by atoms with Crippen LogP contribution in [0.5, 0.6) is 0 Å². The first-order chi connectivity index (χ1) is 9.87. The van der Waals surface area contributed by atoms with Gasteiger partial charge in [-0.2, -0.15) is 0 Å². The van der Waals surface area contributed by atoms with Crippen LogP contribution in [0.1, 0.15) is 12.5 Å². The summed E-state index contributed by atoms with van der Waals surface area (Å²) in [5.41, 5.74) is 0.929. The topological polar surface area (TPSA) is 58.6 Å². The first-order valence-corrected chi connectivity index (χ1v) is 6.84. The van der Waals surface area contributed by atoms with Crippen molar-refractivity contribution >= 4 is 23.5 Å². The minimum absolute atomic E-state index is 0.407. The van der Waals surface area contributed by atoms with Crippen molar-refractivity contribution in [1.29, 1.82) is 0 Å². The molecule has 7 heteroatoms. The van der Waals surface area contributed by atoms with E-state index in [4.69, 9.17) is 16.3 Å². The molecule has 1 saturated heterocycles. The zero-order valence-electron chi connectivity index (χ0n) is 11.7. The molecular formula is C14H16ClFN2O3. The number of amides is 3. The van der Waals surface area contributed by atoms with Gasteiger partial charge in [0.25, 0.3) is 5.91 Å². The lowest BCUT2D eigenvalue weighted by Crippen LogP contribution is -2.68. The number of urea groups is 1. The molecule has 2 rings (SSSR count). The van der Waals surface area contributed by atoms with Gasteiger partial charge >= 0.3 is 11.2 Å². The summed E-state index contributed by atoms with van der Waals surface area (Å²) in [5.74, 6) is -1.11. The molecule has 0 spiro atoms. The van der Waals surface area contributed by atoms with Gasteiger partial charge in [-0.25, -0.2) is 9.18 Å². The molecular weight excluding hydrogens is 299 g/mol. The fourth-order valence-corrected chi connectivity index (χ4v) is 2.53. The highest BCUT2D eigenvalue weighted by atomic mass is 35.5. The summed E-state index contributed by atoms with van der Waals surface area (Å²) in [6.45, 7) is 1.66. The summed E-state index contributed by atoms with van der Waals surface area (Å²) >= 11 is 5.60. The summed E-state index contributed by atoms with van der Waals surface area (Å²) in [4.78, 5) is 24.9. The highest BCUT2D eigenvalue weighted by Crippen LogP contribution is 2.30. The highest BCUT2D eigenvalue weighted by Gasteiger charge is 2.55. The number of alkyl halides is 2. The number of rotatable bonds is 4. The molecule has 1 aliphatic rings. The quantitative estimate of drug-likeness (QED) is 0.865. The molecule has 3 amide bonds. The van der Waals surface area contributed by atoms with E-state index in [-0.39, 0.29) is 0 Å². The standard InChI is InChI=1S/C14H16ClFN2O3/c1-9(8-10-6-4-3-5-7-10)18-12(19)14(15,16)11(21-2)17-13(18)20/h3-7,9,11H,8H2,1-2H3,(H,17,20)/t9?,11-,14+/m1/s1. The van der Waals surface area contributed by atoms with Crippen molar-refractivity contribution in [1.82, 2.24) is 10.2 Å². The van der Waals surface area contributed by atoms with Gasteiger partial charge in [0.2, 0.25) is 0 Å². The SMILES string of the molecule is CO[C@H]1NC(=O)N(C(C)Cc2ccccc2)C(=O)[C@]1(F)Cl. The maximum atomic E-state index is 14.3. The van der Waals surface area contributed by atoms with E-state index in [0.29, 0.717) is 6.42 Å². The Labute approximate surface area is 127 Å². The number of nitrogens with zero attached hydrogens (tertiary/aromatic N) is 1. The Bertz CT molecular complexity index is 538. The highest BCUT2D eigenvalue weighted by molar-refractivity contribution is 6.35. The number of imide groups is 1. The van der Waals surface area contributed by atoms with E-state index in [1.807, 2.05) is 30.3 Å². The van der Waals surface area contributed by atoms with E-state index < -0.39 is 29.3 Å². The van der Waals surface area contributed by atoms with Gasteiger partial charge in [-0.3, -0.25) is 9.69 Å². The summed E-state index contributed by atoms with van der Waals surface area (Å²) in [6.07, 6.45) is -1.09. The number of hydrogen-bond donors (Lipinski definition) is 1. The number of halogens is 2. The average Bonchev–Trinajstić information content (AvgIpc) is 2.44. The van der Waals surface area contributed by atoms with Crippen LogP contribution < -0.4 is 5.32 Å². The van der Waals surface area contributed by atoms with Crippen LogP contribution >= 0.6 is 11.6 Å². The number of carbonyl (C=O) groups excluding carboxylic acids is 2. The fraction of sp³-hybridized carbons (Fsp3) is 0.429. The van der Waals surface area contributed by atoms with E-state index in [0.717, 1.165) is 17.6 Å². The zero-order valence-corrected chi connectivity index (χ0v) is 12.4. The Balaban J connectivity index is 2.18. The Hall–Kier alpha value is -1.66. The Morgan fingerprint density at radius 1 is 1.43 bits per heavy atom. The molecule has 1 fully saturated rings. The van der Waals surface area contributed by atoms with E-state index >= 15 is 0 Å². The molecule has 1 aromatic rings. The number of nitrogens with one attached hydrogen (secondary N) is 1. The van der Waals surface area contributed by atoms with Crippen LogP contribution in [0.4, 0.5) is 9.18 Å². The lowest BCUT2D eigenvalue weighted by Gasteiger charge is -2.39. The summed E-state index contributed by atoms with van der Waals surface area (Å²) in [7, 11) is 1.16. The molecule has 114 valence electrons. The van der Waals surface area contributed by atoms with Crippen molar-refractivity contribution in [2.24, 2.45) is 0 Å². The minimum Gasteiger partial charge on any atom is -0.356 e. The van der Waals surface area contributed by atoms with Crippen molar-refractivity contribution in [3.8, 4) is 0 Å². The van der Waals surface area contributed by atoms with Gasteiger partial charge in [0.15, 0.2) is 6.23 Å². The minimum atomic E-state index is -2.81. The first kappa shape index (κ1) is 15.7. The average molecular weight is 315 g/mol. The number of methoxy groups -OCH3 is 1. The van der Waals surface area contributed by atoms with E-state index in [9.17, 15) is 14.0 Å². The normalized spacial score (nSPS) is 27.4. The molecule has 1 unspecified atom stereocenters. The second-order valence-corrected chi connectivity index (χ2v) is 5.45. The number of hydrogen-bond acceptors (Lipinski definition) is 3. The fourth-order valence-electron chi connectivity index (χ4n) is 2.29. The van der Waals surface area contributed by atoms with E-state index in [1.165, 1.54) is 0 Å². The largest absolute Gasteiger partial charge is 0.356 e. The maximum absolute atomic E-state index is 14.3. The third kappa shape index (κ3) is 3.01. The maximum Gasteiger partial charge on any atom is 0.326 e. The predicted octanol–water partition coefficient (Wildman–Crippen LogP) is 2.05. The monoisotopic (exact) mass is 314 g/mol. The number of ether oxygens (including phenoxy) is 1. The summed E-state index contributed by atoms with van der Waals surface area (Å²) in [5, 5.41) is -0.571. The molecule has 3 atom stereocenters. The van der Waals surface area contributed by atoms with Gasteiger partial charge in [-0.05, 0) is 18.9 Å². The lowest BCUT2D eigenvalue weighted by molar-refractivity contribution is -0.149. The molecule has 1 N–H and O–H groups in total. The van der Waals surface area contributed by atoms with Gasteiger partial charge in [-0.15, -0.1) is 0 Å².